The van der Waals surface area contributed by atoms with Crippen molar-refractivity contribution < 1.29 is 23.1 Å². The van der Waals surface area contributed by atoms with Crippen LogP contribution in [0.1, 0.15) is 49.7 Å². The highest BCUT2D eigenvalue weighted by Crippen LogP contribution is 2.41. The van der Waals surface area contributed by atoms with E-state index in [4.69, 9.17) is 9.84 Å². The number of aryl methyl sites for hydroxylation is 1. The van der Waals surface area contributed by atoms with E-state index in [1.807, 2.05) is 43.3 Å². The van der Waals surface area contributed by atoms with Gasteiger partial charge in [-0.25, -0.2) is 13.1 Å². The summed E-state index contributed by atoms with van der Waals surface area (Å²) in [5, 5.41) is 9.90. The molecule has 29 heavy (non-hydrogen) atoms. The molecule has 2 heterocycles. The normalized spacial score (nSPS) is 26.7. The van der Waals surface area contributed by atoms with Crippen LogP contribution in [0.3, 0.4) is 0 Å². The van der Waals surface area contributed by atoms with E-state index in [2.05, 4.69) is 4.72 Å². The number of rotatable bonds is 10. The lowest BCUT2D eigenvalue weighted by Gasteiger charge is -2.27. The second kappa shape index (κ2) is 9.69. The number of unbranched alkanes of at least 4 members (excludes halogenated alkanes) is 1. The monoisotopic (exact) mass is 419 g/mol. The molecule has 1 aromatic carbocycles. The lowest BCUT2D eigenvalue weighted by Crippen LogP contribution is -2.46. The van der Waals surface area contributed by atoms with Crippen molar-refractivity contribution in [1.29, 1.82) is 0 Å². The number of ether oxygens (including phenoxy) is 1. The Balaban J connectivity index is 1.58. The van der Waals surface area contributed by atoms with Gasteiger partial charge in [-0.2, -0.15) is 0 Å². The highest BCUT2D eigenvalue weighted by atomic mass is 32.2. The summed E-state index contributed by atoms with van der Waals surface area (Å²) < 4.78 is 34.0. The minimum Gasteiger partial charge on any atom is -0.481 e. The van der Waals surface area contributed by atoms with Crippen molar-refractivity contribution in [2.75, 3.05) is 0 Å². The van der Waals surface area contributed by atoms with Gasteiger partial charge in [-0.15, -0.1) is 0 Å². The van der Waals surface area contributed by atoms with Crippen LogP contribution in [0.15, 0.2) is 41.8 Å². The van der Waals surface area contributed by atoms with Crippen molar-refractivity contribution in [3.8, 4) is 0 Å². The number of hydrogen-bond acceptors (Lipinski definition) is 4. The molecule has 3 rings (SSSR count). The highest BCUT2D eigenvalue weighted by Gasteiger charge is 2.49. The van der Waals surface area contributed by atoms with Crippen molar-refractivity contribution >= 4 is 22.1 Å². The molecular weight excluding hydrogens is 390 g/mol. The topological polar surface area (TPSA) is 92.7 Å². The summed E-state index contributed by atoms with van der Waals surface area (Å²) in [5.74, 6) is -0.680. The van der Waals surface area contributed by atoms with Crippen LogP contribution in [0.25, 0.3) is 6.08 Å². The first-order valence-electron chi connectivity index (χ1n) is 10.1. The molecule has 0 aliphatic carbocycles. The second-order valence-electron chi connectivity index (χ2n) is 7.85. The molecule has 0 spiro atoms. The van der Waals surface area contributed by atoms with E-state index in [-0.39, 0.29) is 30.6 Å². The SMILES string of the molecule is Cc1ccc(C=CS(=O)(=O)NC2C3CCC(O3)C2CC=CCCCC(=O)O)cc1. The van der Waals surface area contributed by atoms with Crippen LogP contribution in [0.2, 0.25) is 0 Å². The van der Waals surface area contributed by atoms with Crippen molar-refractivity contribution in [3.05, 3.63) is 53.0 Å². The van der Waals surface area contributed by atoms with E-state index < -0.39 is 16.0 Å². The summed E-state index contributed by atoms with van der Waals surface area (Å²) in [7, 11) is -3.58. The number of allylic oxidation sites excluding steroid dienone is 2. The van der Waals surface area contributed by atoms with Crippen LogP contribution in [-0.4, -0.2) is 37.7 Å². The summed E-state index contributed by atoms with van der Waals surface area (Å²) >= 11 is 0. The molecule has 0 radical (unpaired) electrons. The summed E-state index contributed by atoms with van der Waals surface area (Å²) in [4.78, 5) is 10.6. The highest BCUT2D eigenvalue weighted by molar-refractivity contribution is 7.92. The Kier molecular flexibility index (Phi) is 7.27. The number of sulfonamides is 1. The van der Waals surface area contributed by atoms with Gasteiger partial charge in [0.05, 0.1) is 18.2 Å². The number of fused-ring (bicyclic) bond motifs is 2. The molecule has 2 aliphatic rings. The van der Waals surface area contributed by atoms with Gasteiger partial charge in [-0.3, -0.25) is 4.79 Å². The number of aliphatic carboxylic acids is 1. The van der Waals surface area contributed by atoms with Gasteiger partial charge in [0.2, 0.25) is 10.0 Å². The molecule has 0 aromatic heterocycles. The van der Waals surface area contributed by atoms with Gasteiger partial charge in [0.1, 0.15) is 0 Å². The number of nitrogens with one attached hydrogen (secondary N) is 1. The zero-order valence-electron chi connectivity index (χ0n) is 16.7. The standard InChI is InChI=1S/C22H29NO5S/c1-16-8-10-17(11-9-16)14-15-29(26,27)23-22-18(19-12-13-20(22)28-19)6-4-2-3-5-7-21(24)25/h2,4,8-11,14-15,18-20,22-23H,3,5-7,12-13H2,1H3,(H,24,25). The van der Waals surface area contributed by atoms with Crippen LogP contribution >= 0.6 is 0 Å². The van der Waals surface area contributed by atoms with Crippen LogP contribution < -0.4 is 4.72 Å². The Hall–Kier alpha value is -1.96. The summed E-state index contributed by atoms with van der Waals surface area (Å²) in [6.45, 7) is 1.99. The quantitative estimate of drug-likeness (QED) is 0.446. The minimum atomic E-state index is -3.58. The predicted molar refractivity (Wildman–Crippen MR) is 113 cm³/mol. The van der Waals surface area contributed by atoms with Crippen molar-refractivity contribution in [3.63, 3.8) is 0 Å². The first-order chi connectivity index (χ1) is 13.8. The Morgan fingerprint density at radius 1 is 1.21 bits per heavy atom. The van der Waals surface area contributed by atoms with Crippen molar-refractivity contribution in [2.24, 2.45) is 5.92 Å². The van der Waals surface area contributed by atoms with Crippen molar-refractivity contribution in [1.82, 2.24) is 4.72 Å². The molecule has 0 amide bonds. The number of carbonyl (C=O) groups is 1. The molecule has 2 N–H and O–H groups in total. The fraction of sp³-hybridized carbons (Fsp3) is 0.500. The minimum absolute atomic E-state index is 0.0760. The van der Waals surface area contributed by atoms with Gasteiger partial charge in [0.15, 0.2) is 0 Å². The molecule has 2 saturated heterocycles. The average Bonchev–Trinajstić information content (AvgIpc) is 3.26. The zero-order chi connectivity index (χ0) is 20.9. The van der Waals surface area contributed by atoms with Gasteiger partial charge >= 0.3 is 5.97 Å². The smallest absolute Gasteiger partial charge is 0.303 e. The van der Waals surface area contributed by atoms with Crippen LogP contribution in [0.5, 0.6) is 0 Å². The molecule has 4 atom stereocenters. The lowest BCUT2D eigenvalue weighted by atomic mass is 9.83. The molecule has 158 valence electrons. The molecule has 2 bridgehead atoms. The molecule has 2 fully saturated rings. The Labute approximate surface area is 172 Å². The maximum Gasteiger partial charge on any atom is 0.303 e. The molecule has 4 unspecified atom stereocenters. The molecular formula is C22H29NO5S. The van der Waals surface area contributed by atoms with E-state index in [0.29, 0.717) is 12.8 Å². The molecule has 6 nitrogen and oxygen atoms in total. The van der Waals surface area contributed by atoms with E-state index in [1.165, 1.54) is 5.41 Å². The van der Waals surface area contributed by atoms with E-state index >= 15 is 0 Å². The van der Waals surface area contributed by atoms with Gasteiger partial charge in [0, 0.05) is 17.7 Å². The predicted octanol–water partition coefficient (Wildman–Crippen LogP) is 3.63. The maximum absolute atomic E-state index is 12.6. The summed E-state index contributed by atoms with van der Waals surface area (Å²) in [6, 6.07) is 7.44. The van der Waals surface area contributed by atoms with E-state index in [1.54, 1.807) is 6.08 Å². The number of hydrogen-bond donors (Lipinski definition) is 2. The first kappa shape index (κ1) is 21.7. The van der Waals surface area contributed by atoms with Crippen LogP contribution in [0.4, 0.5) is 0 Å². The summed E-state index contributed by atoms with van der Waals surface area (Å²) in [6.07, 6.45) is 9.66. The Morgan fingerprint density at radius 3 is 2.66 bits per heavy atom. The number of carboxylic acids is 1. The lowest BCUT2D eigenvalue weighted by molar-refractivity contribution is -0.137. The van der Waals surface area contributed by atoms with Crippen LogP contribution in [-0.2, 0) is 19.6 Å². The van der Waals surface area contributed by atoms with Crippen molar-refractivity contribution in [2.45, 2.75) is 63.7 Å². The van der Waals surface area contributed by atoms with Gasteiger partial charge in [-0.05, 0) is 50.7 Å². The third kappa shape index (κ3) is 6.26. The second-order valence-corrected chi connectivity index (χ2v) is 9.45. The third-order valence-corrected chi connectivity index (χ3v) is 6.67. The van der Waals surface area contributed by atoms with Gasteiger partial charge in [0.25, 0.3) is 0 Å². The molecule has 1 aromatic rings. The van der Waals surface area contributed by atoms with E-state index in [0.717, 1.165) is 30.4 Å². The van der Waals surface area contributed by atoms with E-state index in [9.17, 15) is 13.2 Å². The maximum atomic E-state index is 12.6. The first-order valence-corrected chi connectivity index (χ1v) is 11.7. The zero-order valence-corrected chi connectivity index (χ0v) is 17.5. The Bertz CT molecular complexity index is 860. The fourth-order valence-electron chi connectivity index (χ4n) is 4.05. The third-order valence-electron chi connectivity index (χ3n) is 5.58. The largest absolute Gasteiger partial charge is 0.481 e. The van der Waals surface area contributed by atoms with Crippen LogP contribution in [0, 0.1) is 12.8 Å². The van der Waals surface area contributed by atoms with Gasteiger partial charge < -0.3 is 9.84 Å². The number of carboxylic acid groups (broad SMARTS) is 1. The molecule has 2 aliphatic heterocycles. The Morgan fingerprint density at radius 2 is 1.93 bits per heavy atom. The summed E-state index contributed by atoms with van der Waals surface area (Å²) in [5.41, 5.74) is 1.96. The molecule has 7 heteroatoms. The average molecular weight is 420 g/mol. The molecule has 0 saturated carbocycles. The van der Waals surface area contributed by atoms with Gasteiger partial charge in [-0.1, -0.05) is 42.0 Å². The number of benzene rings is 1. The fourth-order valence-corrected chi connectivity index (χ4v) is 5.17.